The first-order valence-electron chi connectivity index (χ1n) is 20.9. The molecule has 12 nitrogen and oxygen atoms in total. The molecule has 3 N–H and O–H groups in total. The number of halogens is 7. The van der Waals surface area contributed by atoms with Gasteiger partial charge in [-0.25, -0.2) is 37.5 Å². The van der Waals surface area contributed by atoms with E-state index >= 15 is 4.39 Å². The Kier molecular flexibility index (Phi) is 15.1. The zero-order chi connectivity index (χ0) is 47.2. The van der Waals surface area contributed by atoms with Crippen molar-refractivity contribution in [1.29, 1.82) is 0 Å². The summed E-state index contributed by atoms with van der Waals surface area (Å²) in [6, 6.07) is 18.7. The maximum atomic E-state index is 15.1. The van der Waals surface area contributed by atoms with Crippen LogP contribution in [0.15, 0.2) is 107 Å². The molecular formula is C48H41Br2ClF4N10O2. The molecule has 0 radical (unpaired) electrons. The smallest absolute Gasteiger partial charge is 0.152 e. The highest BCUT2D eigenvalue weighted by Gasteiger charge is 2.23. The first-order chi connectivity index (χ1) is 32.4. The van der Waals surface area contributed by atoms with E-state index in [0.717, 1.165) is 65.1 Å². The van der Waals surface area contributed by atoms with Crippen LogP contribution in [0.3, 0.4) is 0 Å². The van der Waals surface area contributed by atoms with E-state index in [1.54, 1.807) is 49.9 Å². The van der Waals surface area contributed by atoms with Crippen LogP contribution in [0.4, 0.5) is 46.3 Å². The third kappa shape index (κ3) is 10.9. The van der Waals surface area contributed by atoms with E-state index in [1.807, 2.05) is 37.3 Å². The molecule has 0 bridgehead atoms. The standard InChI is InChI=1S/C24H20BrF2N5O.C15H9ClF2N2.C9H12BrN3O/c1-14-22(18-4-2-3-5-28-18)30-19-12-16(26)11-17(27)21(19)23(14)31-20-10-15(25)13-29-24(20)32-6-8-33-9-7-32;1-8-14(16)13-10(18)6-9(17)7-12(13)20-15(8)11-4-2-3-5-19-11;10-7-5-8(11)9(12-6-7)13-1-3-14-4-2-13/h2-5,10-13H,6-9H2,1H3,(H,30,31);2-7H,1H3;5-6H,1-4,11H2. The number of morpholine rings is 2. The molecule has 2 aliphatic rings. The van der Waals surface area contributed by atoms with Crippen molar-refractivity contribution in [3.05, 3.63) is 146 Å². The minimum Gasteiger partial charge on any atom is -0.396 e. The fourth-order valence-corrected chi connectivity index (χ4v) is 8.56. The van der Waals surface area contributed by atoms with Gasteiger partial charge in [0.15, 0.2) is 11.6 Å². The molecule has 0 spiro atoms. The quantitative estimate of drug-likeness (QED) is 0.153. The van der Waals surface area contributed by atoms with E-state index in [1.165, 1.54) is 6.07 Å². The van der Waals surface area contributed by atoms with E-state index in [0.29, 0.717) is 77.3 Å². The molecule has 2 aliphatic heterocycles. The lowest BCUT2D eigenvalue weighted by molar-refractivity contribution is 0.122. The Hall–Kier alpha value is -6.05. The molecule has 2 saturated heterocycles. The van der Waals surface area contributed by atoms with Gasteiger partial charge in [0.1, 0.15) is 23.3 Å². The number of nitrogens with zero attached hydrogens (tertiary/aromatic N) is 8. The predicted octanol–water partition coefficient (Wildman–Crippen LogP) is 11.4. The van der Waals surface area contributed by atoms with Gasteiger partial charge >= 0.3 is 0 Å². The second-order valence-electron chi connectivity index (χ2n) is 15.3. The van der Waals surface area contributed by atoms with E-state index in [-0.39, 0.29) is 26.8 Å². The molecule has 10 rings (SSSR count). The van der Waals surface area contributed by atoms with Crippen LogP contribution in [0, 0.1) is 37.1 Å². The van der Waals surface area contributed by atoms with Crippen LogP contribution in [0.2, 0.25) is 5.02 Å². The van der Waals surface area contributed by atoms with Gasteiger partial charge in [0.05, 0.1) is 93.1 Å². The van der Waals surface area contributed by atoms with Gasteiger partial charge in [-0.15, -0.1) is 0 Å². The summed E-state index contributed by atoms with van der Waals surface area (Å²) in [7, 11) is 0. The second kappa shape index (κ2) is 21.3. The lowest BCUT2D eigenvalue weighted by Gasteiger charge is -2.30. The topological polar surface area (TPSA) is 140 Å². The monoisotopic (exact) mass is 1060 g/mol. The number of aromatic nitrogens is 6. The fourth-order valence-electron chi connectivity index (χ4n) is 7.60. The molecule has 0 saturated carbocycles. The zero-order valence-electron chi connectivity index (χ0n) is 36.0. The lowest BCUT2D eigenvalue weighted by Crippen LogP contribution is -2.37. The highest BCUT2D eigenvalue weighted by molar-refractivity contribution is 9.10. The second-order valence-corrected chi connectivity index (χ2v) is 17.5. The molecule has 0 aliphatic carbocycles. The molecule has 0 amide bonds. The number of anilines is 5. The van der Waals surface area contributed by atoms with Gasteiger partial charge in [0, 0.05) is 89.7 Å². The molecule has 2 fully saturated rings. The summed E-state index contributed by atoms with van der Waals surface area (Å²) >= 11 is 13.0. The van der Waals surface area contributed by atoms with Crippen molar-refractivity contribution in [2.24, 2.45) is 0 Å². The van der Waals surface area contributed by atoms with Crippen molar-refractivity contribution < 1.29 is 27.0 Å². The molecule has 0 atom stereocenters. The largest absolute Gasteiger partial charge is 0.396 e. The number of rotatable bonds is 6. The van der Waals surface area contributed by atoms with Crippen molar-refractivity contribution in [3.63, 3.8) is 0 Å². The summed E-state index contributed by atoms with van der Waals surface area (Å²) in [6.07, 6.45) is 6.78. The van der Waals surface area contributed by atoms with E-state index in [9.17, 15) is 13.2 Å². The summed E-state index contributed by atoms with van der Waals surface area (Å²) in [5.41, 5.74) is 11.8. The molecule has 67 heavy (non-hydrogen) atoms. The number of nitrogens with one attached hydrogen (secondary N) is 1. The minimum absolute atomic E-state index is 0.130. The SMILES string of the molecule is Cc1c(-c2ccccn2)nc2cc(F)cc(F)c2c1Cl.Cc1c(-c2ccccn2)nc2cc(F)cc(F)c2c1Nc1cc(Br)cnc1N1CCOCC1.Nc1cc(Br)cnc1N1CCOCC1. The zero-order valence-corrected chi connectivity index (χ0v) is 39.9. The highest BCUT2D eigenvalue weighted by Crippen LogP contribution is 2.39. The maximum absolute atomic E-state index is 15.1. The molecule has 0 unspecified atom stereocenters. The van der Waals surface area contributed by atoms with Gasteiger partial charge in [-0.2, -0.15) is 0 Å². The summed E-state index contributed by atoms with van der Waals surface area (Å²) in [4.78, 5) is 30.6. The van der Waals surface area contributed by atoms with Gasteiger partial charge in [-0.05, 0) is 87.7 Å². The maximum Gasteiger partial charge on any atom is 0.152 e. The summed E-state index contributed by atoms with van der Waals surface area (Å²) in [6.45, 7) is 9.39. The number of hydrogen-bond donors (Lipinski definition) is 2. The van der Waals surface area contributed by atoms with Crippen molar-refractivity contribution >= 4 is 94.0 Å². The molecule has 19 heteroatoms. The molecular weight excluding hydrogens is 1020 g/mol. The summed E-state index contributed by atoms with van der Waals surface area (Å²) < 4.78 is 68.8. The Morgan fingerprint density at radius 2 is 1.12 bits per heavy atom. The van der Waals surface area contributed by atoms with E-state index < -0.39 is 23.3 Å². The van der Waals surface area contributed by atoms with Gasteiger partial charge in [-0.3, -0.25) is 9.97 Å². The van der Waals surface area contributed by atoms with Crippen molar-refractivity contribution in [1.82, 2.24) is 29.9 Å². The van der Waals surface area contributed by atoms with Crippen molar-refractivity contribution in [3.8, 4) is 22.8 Å². The third-order valence-corrected chi connectivity index (χ3v) is 12.1. The number of nitrogen functional groups attached to an aromatic ring is 1. The summed E-state index contributed by atoms with van der Waals surface area (Å²) in [5, 5.41) is 3.96. The molecule has 8 heterocycles. The average molecular weight is 1060 g/mol. The van der Waals surface area contributed by atoms with Crippen LogP contribution in [0.25, 0.3) is 44.6 Å². The number of hydrogen-bond acceptors (Lipinski definition) is 12. The van der Waals surface area contributed by atoms with Crippen LogP contribution < -0.4 is 20.9 Å². The van der Waals surface area contributed by atoms with E-state index in [4.69, 9.17) is 26.8 Å². The van der Waals surface area contributed by atoms with Crippen LogP contribution in [0.5, 0.6) is 0 Å². The van der Waals surface area contributed by atoms with E-state index in [2.05, 4.69) is 76.9 Å². The van der Waals surface area contributed by atoms with Crippen LogP contribution in [-0.4, -0.2) is 82.5 Å². The Morgan fingerprint density at radius 1 is 0.627 bits per heavy atom. The Balaban J connectivity index is 0.000000151. The highest BCUT2D eigenvalue weighted by atomic mass is 79.9. The molecule has 6 aromatic heterocycles. The first kappa shape index (κ1) is 47.4. The number of ether oxygens (including phenoxy) is 2. The van der Waals surface area contributed by atoms with Gasteiger partial charge < -0.3 is 30.3 Å². The number of pyridine rings is 6. The molecule has 8 aromatic rings. The van der Waals surface area contributed by atoms with Crippen LogP contribution in [0.1, 0.15) is 11.1 Å². The van der Waals surface area contributed by atoms with Gasteiger partial charge in [0.25, 0.3) is 0 Å². The Bertz CT molecular complexity index is 3060. The van der Waals surface area contributed by atoms with Crippen LogP contribution in [-0.2, 0) is 9.47 Å². The third-order valence-electron chi connectivity index (χ3n) is 10.8. The first-order valence-corrected chi connectivity index (χ1v) is 22.9. The predicted molar refractivity (Wildman–Crippen MR) is 262 cm³/mol. The van der Waals surface area contributed by atoms with Crippen molar-refractivity contribution in [2.75, 3.05) is 73.5 Å². The minimum atomic E-state index is -0.715. The van der Waals surface area contributed by atoms with Gasteiger partial charge in [0.2, 0.25) is 0 Å². The number of fused-ring (bicyclic) bond motifs is 2. The Morgan fingerprint density at radius 3 is 1.66 bits per heavy atom. The molecule has 2 aromatic carbocycles. The van der Waals surface area contributed by atoms with Crippen LogP contribution >= 0.6 is 43.5 Å². The number of benzene rings is 2. The number of nitrogens with two attached hydrogens (primary N) is 1. The average Bonchev–Trinajstić information content (AvgIpc) is 3.32. The molecule has 344 valence electrons. The van der Waals surface area contributed by atoms with Crippen molar-refractivity contribution in [2.45, 2.75) is 13.8 Å². The van der Waals surface area contributed by atoms with Gasteiger partial charge in [-0.1, -0.05) is 23.7 Å². The summed E-state index contributed by atoms with van der Waals surface area (Å²) in [5.74, 6) is -1.19. The normalized spacial score (nSPS) is 13.7. The Labute approximate surface area is 404 Å². The fraction of sp³-hybridized carbons (Fsp3) is 0.208. The lowest BCUT2D eigenvalue weighted by atomic mass is 10.0.